The van der Waals surface area contributed by atoms with Crippen LogP contribution in [0.3, 0.4) is 0 Å². The van der Waals surface area contributed by atoms with Crippen LogP contribution in [0.1, 0.15) is 25.0 Å². The lowest BCUT2D eigenvalue weighted by atomic mass is 9.73. The molecule has 5 aromatic carbocycles. The van der Waals surface area contributed by atoms with E-state index in [-0.39, 0.29) is 11.2 Å². The van der Waals surface area contributed by atoms with E-state index in [1.54, 1.807) is 18.5 Å². The van der Waals surface area contributed by atoms with Gasteiger partial charge < -0.3 is 4.90 Å². The number of hydrogen-bond acceptors (Lipinski definition) is 3. The summed E-state index contributed by atoms with van der Waals surface area (Å²) in [4.78, 5) is 11.3. The third-order valence-corrected chi connectivity index (χ3v) is 8.38. The monoisotopic (exact) mass is 505 g/mol. The highest BCUT2D eigenvalue weighted by atomic mass is 19.1. The number of para-hydroxylation sites is 2. The second kappa shape index (κ2) is 7.84. The minimum absolute atomic E-state index is 0.104. The summed E-state index contributed by atoms with van der Waals surface area (Å²) < 4.78 is 15.7. The normalized spacial score (nSPS) is 14.2. The van der Waals surface area contributed by atoms with Gasteiger partial charge in [-0.3, -0.25) is 9.97 Å². The Kier molecular flexibility index (Phi) is 4.46. The van der Waals surface area contributed by atoms with Crippen molar-refractivity contribution in [3.63, 3.8) is 0 Å². The van der Waals surface area contributed by atoms with Gasteiger partial charge >= 0.3 is 0 Å². The molecule has 0 spiro atoms. The van der Waals surface area contributed by atoms with Crippen molar-refractivity contribution in [3.8, 4) is 33.6 Å². The largest absolute Gasteiger partial charge is 0.310 e. The van der Waals surface area contributed by atoms with Crippen molar-refractivity contribution in [1.82, 2.24) is 9.97 Å². The molecule has 0 radical (unpaired) electrons. The highest BCUT2D eigenvalue weighted by Crippen LogP contribution is 2.52. The Morgan fingerprint density at radius 2 is 1.31 bits per heavy atom. The van der Waals surface area contributed by atoms with Crippen LogP contribution in [0.2, 0.25) is 0 Å². The predicted molar refractivity (Wildman–Crippen MR) is 156 cm³/mol. The Morgan fingerprint density at radius 1 is 0.667 bits per heavy atom. The maximum absolute atomic E-state index is 15.7. The molecule has 2 aliphatic rings. The van der Waals surface area contributed by atoms with E-state index in [1.807, 2.05) is 12.1 Å². The van der Waals surface area contributed by atoms with Gasteiger partial charge in [-0.05, 0) is 58.0 Å². The van der Waals surface area contributed by atoms with Crippen LogP contribution >= 0.6 is 0 Å². The number of fused-ring (bicyclic) bond motifs is 5. The second-order valence-corrected chi connectivity index (χ2v) is 10.8. The molecular formula is C35H24FN3. The summed E-state index contributed by atoms with van der Waals surface area (Å²) in [6.07, 6.45) is 3.29. The lowest BCUT2D eigenvalue weighted by molar-refractivity contribution is 0.632. The number of halogens is 1. The molecule has 39 heavy (non-hydrogen) atoms. The van der Waals surface area contributed by atoms with E-state index in [9.17, 15) is 0 Å². The molecule has 0 saturated heterocycles. The highest BCUT2D eigenvalue weighted by Gasteiger charge is 2.36. The van der Waals surface area contributed by atoms with Crippen LogP contribution in [0.5, 0.6) is 0 Å². The lowest BCUT2D eigenvalue weighted by Gasteiger charge is -2.42. The zero-order chi connectivity index (χ0) is 26.3. The SMILES string of the molecule is CC1(C)c2ccccc2N(c2ccc(-c3cc(F)c4c5c(cccc35)-c3nccnc3-4)cc2)c2ccccc21. The predicted octanol–water partition coefficient (Wildman–Crippen LogP) is 9.19. The van der Waals surface area contributed by atoms with E-state index in [0.29, 0.717) is 11.3 Å². The van der Waals surface area contributed by atoms with Gasteiger partial charge in [0, 0.05) is 40.0 Å². The molecule has 3 nitrogen and oxygen atoms in total. The van der Waals surface area contributed by atoms with E-state index >= 15 is 4.39 Å². The molecule has 0 fully saturated rings. The number of nitrogens with zero attached hydrogens (tertiary/aromatic N) is 3. The Bertz CT molecular complexity index is 1910. The fourth-order valence-electron chi connectivity index (χ4n) is 6.57. The van der Waals surface area contributed by atoms with Crippen molar-refractivity contribution >= 4 is 27.8 Å². The van der Waals surface area contributed by atoms with E-state index in [4.69, 9.17) is 0 Å². The van der Waals surface area contributed by atoms with Gasteiger partial charge in [0.05, 0.1) is 17.1 Å². The zero-order valence-electron chi connectivity index (χ0n) is 21.6. The number of rotatable bonds is 2. The minimum Gasteiger partial charge on any atom is -0.310 e. The first kappa shape index (κ1) is 22.2. The third kappa shape index (κ3) is 2.97. The standard InChI is InChI=1S/C35H24FN3/c1-35(2)26-10-3-5-12-29(26)39(30-13-6-4-11-27(30)35)22-16-14-21(15-17-22)25-20-28(36)32-31-23(25)8-7-9-24(31)33-34(32)38-19-18-37-33/h3-20H,1-2H3. The number of benzene rings is 5. The van der Waals surface area contributed by atoms with Crippen LogP contribution in [0.4, 0.5) is 21.5 Å². The molecule has 0 amide bonds. The van der Waals surface area contributed by atoms with Gasteiger partial charge in [0.1, 0.15) is 11.5 Å². The van der Waals surface area contributed by atoms with Gasteiger partial charge in [0.2, 0.25) is 0 Å². The van der Waals surface area contributed by atoms with Crippen LogP contribution < -0.4 is 4.90 Å². The molecule has 8 rings (SSSR count). The first-order valence-electron chi connectivity index (χ1n) is 13.2. The topological polar surface area (TPSA) is 29.0 Å². The van der Waals surface area contributed by atoms with Crippen LogP contribution in [0.25, 0.3) is 44.4 Å². The van der Waals surface area contributed by atoms with Crippen molar-refractivity contribution < 1.29 is 4.39 Å². The molecule has 0 unspecified atom stereocenters. The van der Waals surface area contributed by atoms with Gasteiger partial charge in [-0.25, -0.2) is 4.39 Å². The maximum atomic E-state index is 15.7. The molecule has 0 N–H and O–H groups in total. The van der Waals surface area contributed by atoms with Gasteiger partial charge in [-0.2, -0.15) is 0 Å². The average Bonchev–Trinajstić information content (AvgIpc) is 3.32. The summed E-state index contributed by atoms with van der Waals surface area (Å²) >= 11 is 0. The first-order valence-corrected chi connectivity index (χ1v) is 13.2. The molecule has 0 atom stereocenters. The molecule has 6 aromatic rings. The van der Waals surface area contributed by atoms with Gasteiger partial charge in [-0.15, -0.1) is 0 Å². The number of aromatic nitrogens is 2. The van der Waals surface area contributed by atoms with Crippen molar-refractivity contribution in [3.05, 3.63) is 126 Å². The number of anilines is 3. The second-order valence-electron chi connectivity index (χ2n) is 10.8. The fraction of sp³-hybridized carbons (Fsp3) is 0.0857. The van der Waals surface area contributed by atoms with Crippen molar-refractivity contribution in [2.75, 3.05) is 4.90 Å². The quantitative estimate of drug-likeness (QED) is 0.234. The van der Waals surface area contributed by atoms with E-state index < -0.39 is 0 Å². The molecule has 186 valence electrons. The number of hydrogen-bond donors (Lipinski definition) is 0. The summed E-state index contributed by atoms with van der Waals surface area (Å²) in [6, 6.07) is 33.5. The molecule has 1 aromatic heterocycles. The van der Waals surface area contributed by atoms with Crippen LogP contribution in [0, 0.1) is 5.82 Å². The Morgan fingerprint density at radius 3 is 2.00 bits per heavy atom. The van der Waals surface area contributed by atoms with Crippen molar-refractivity contribution in [2.45, 2.75) is 19.3 Å². The molecule has 0 bridgehead atoms. The Labute approximate surface area is 226 Å². The third-order valence-electron chi connectivity index (χ3n) is 8.38. The van der Waals surface area contributed by atoms with Crippen LogP contribution in [-0.4, -0.2) is 9.97 Å². The Hall–Kier alpha value is -4.83. The highest BCUT2D eigenvalue weighted by molar-refractivity contribution is 6.17. The lowest BCUT2D eigenvalue weighted by Crippen LogP contribution is -2.30. The smallest absolute Gasteiger partial charge is 0.133 e. The van der Waals surface area contributed by atoms with E-state index in [0.717, 1.165) is 38.8 Å². The van der Waals surface area contributed by atoms with Crippen LogP contribution in [0.15, 0.2) is 109 Å². The molecule has 1 aliphatic carbocycles. The first-order chi connectivity index (χ1) is 19.0. The van der Waals surface area contributed by atoms with Crippen molar-refractivity contribution in [2.24, 2.45) is 0 Å². The molecule has 2 heterocycles. The van der Waals surface area contributed by atoms with Crippen molar-refractivity contribution in [1.29, 1.82) is 0 Å². The van der Waals surface area contributed by atoms with Gasteiger partial charge in [-0.1, -0.05) is 80.6 Å². The van der Waals surface area contributed by atoms with E-state index in [2.05, 4.69) is 108 Å². The Balaban J connectivity index is 1.29. The molecule has 1 aliphatic heterocycles. The maximum Gasteiger partial charge on any atom is 0.133 e. The average molecular weight is 506 g/mol. The summed E-state index contributed by atoms with van der Waals surface area (Å²) in [7, 11) is 0. The molecular weight excluding hydrogens is 481 g/mol. The van der Waals surface area contributed by atoms with Gasteiger partial charge in [0.25, 0.3) is 0 Å². The summed E-state index contributed by atoms with van der Waals surface area (Å²) in [5.41, 5.74) is 10.6. The molecule has 0 saturated carbocycles. The van der Waals surface area contributed by atoms with Crippen LogP contribution in [-0.2, 0) is 5.41 Å². The summed E-state index contributed by atoms with van der Waals surface area (Å²) in [5.74, 6) is -0.269. The molecule has 4 heteroatoms. The van der Waals surface area contributed by atoms with Gasteiger partial charge in [0.15, 0.2) is 0 Å². The van der Waals surface area contributed by atoms with E-state index in [1.165, 1.54) is 22.5 Å². The minimum atomic E-state index is -0.269. The fourth-order valence-corrected chi connectivity index (χ4v) is 6.57. The summed E-state index contributed by atoms with van der Waals surface area (Å²) in [5, 5.41) is 1.89. The zero-order valence-corrected chi connectivity index (χ0v) is 21.6. The summed E-state index contributed by atoms with van der Waals surface area (Å²) in [6.45, 7) is 4.58.